The fraction of sp³-hybridized carbons (Fsp3) is 0.857. The van der Waals surface area contributed by atoms with E-state index in [0.717, 1.165) is 0 Å². The van der Waals surface area contributed by atoms with E-state index in [9.17, 15) is 4.79 Å². The molecule has 0 aliphatic rings. The lowest BCUT2D eigenvalue weighted by Crippen LogP contribution is -2.44. The molecule has 0 saturated heterocycles. The van der Waals surface area contributed by atoms with Gasteiger partial charge in [-0.1, -0.05) is 0 Å². The maximum Gasteiger partial charge on any atom is 0.323 e. The summed E-state index contributed by atoms with van der Waals surface area (Å²) < 4.78 is 0. The van der Waals surface area contributed by atoms with Crippen molar-refractivity contribution >= 4 is 5.97 Å². The van der Waals surface area contributed by atoms with Crippen molar-refractivity contribution in [1.29, 1.82) is 0 Å². The predicted molar refractivity (Wildman–Crippen MR) is 41.2 cm³/mol. The molecular weight excluding hydrogens is 146 g/mol. The van der Waals surface area contributed by atoms with E-state index in [0.29, 0.717) is 19.3 Å². The van der Waals surface area contributed by atoms with Gasteiger partial charge in [-0.05, 0) is 26.2 Å². The van der Waals surface area contributed by atoms with Crippen molar-refractivity contribution in [2.24, 2.45) is 5.73 Å². The molecule has 0 amide bonds. The Bertz CT molecular complexity index is 134. The summed E-state index contributed by atoms with van der Waals surface area (Å²) in [6.45, 7) is 1.57. The van der Waals surface area contributed by atoms with E-state index < -0.39 is 11.5 Å². The molecule has 11 heavy (non-hydrogen) atoms. The van der Waals surface area contributed by atoms with Crippen LogP contribution >= 0.6 is 0 Å². The van der Waals surface area contributed by atoms with Crippen LogP contribution in [0.4, 0.5) is 0 Å². The quantitative estimate of drug-likeness (QED) is 0.494. The molecule has 0 fully saturated rings. The fourth-order valence-electron chi connectivity index (χ4n) is 0.711. The highest BCUT2D eigenvalue weighted by Crippen LogP contribution is 2.09. The lowest BCUT2D eigenvalue weighted by molar-refractivity contribution is -0.142. The molecule has 0 aromatic rings. The molecule has 0 heterocycles. The van der Waals surface area contributed by atoms with Crippen molar-refractivity contribution in [3.63, 3.8) is 0 Å². The summed E-state index contributed by atoms with van der Waals surface area (Å²) in [7, 11) is 0. The van der Waals surface area contributed by atoms with Gasteiger partial charge in [0.05, 0.1) is 0 Å². The van der Waals surface area contributed by atoms with Crippen LogP contribution in [0.5, 0.6) is 0 Å². The van der Waals surface area contributed by atoms with Crippen LogP contribution in [0.1, 0.15) is 26.2 Å². The van der Waals surface area contributed by atoms with Gasteiger partial charge in [0.15, 0.2) is 0 Å². The fourth-order valence-corrected chi connectivity index (χ4v) is 0.711. The second kappa shape index (κ2) is 4.31. The highest BCUT2D eigenvalue weighted by atomic mass is 16.4. The number of hydrogen-bond donors (Lipinski definition) is 3. The molecule has 1 atom stereocenters. The third kappa shape index (κ3) is 3.95. The SMILES string of the molecule is CC(N)(CCCCO)C(=O)O. The zero-order valence-electron chi connectivity index (χ0n) is 6.71. The molecule has 1 unspecified atom stereocenters. The standard InChI is InChI=1S/C7H15NO3/c1-7(8,6(10)11)4-2-3-5-9/h9H,2-5,8H2,1H3,(H,10,11). The highest BCUT2D eigenvalue weighted by Gasteiger charge is 2.26. The number of aliphatic carboxylic acids is 1. The van der Waals surface area contributed by atoms with Gasteiger partial charge in [0.2, 0.25) is 0 Å². The van der Waals surface area contributed by atoms with Crippen molar-refractivity contribution in [3.05, 3.63) is 0 Å². The summed E-state index contributed by atoms with van der Waals surface area (Å²) in [6, 6.07) is 0. The van der Waals surface area contributed by atoms with Crippen molar-refractivity contribution in [1.82, 2.24) is 0 Å². The first-order valence-corrected chi connectivity index (χ1v) is 3.64. The van der Waals surface area contributed by atoms with Crippen LogP contribution in [0, 0.1) is 0 Å². The number of nitrogens with two attached hydrogens (primary N) is 1. The molecule has 0 bridgehead atoms. The first kappa shape index (κ1) is 10.4. The van der Waals surface area contributed by atoms with Crippen molar-refractivity contribution < 1.29 is 15.0 Å². The molecule has 4 nitrogen and oxygen atoms in total. The zero-order valence-corrected chi connectivity index (χ0v) is 6.71. The number of unbranched alkanes of at least 4 members (excludes halogenated alkanes) is 1. The Labute approximate surface area is 66.0 Å². The van der Waals surface area contributed by atoms with Crippen molar-refractivity contribution in [3.8, 4) is 0 Å². The second-order valence-electron chi connectivity index (χ2n) is 2.90. The molecule has 0 radical (unpaired) electrons. The Kier molecular flexibility index (Phi) is 4.07. The zero-order chi connectivity index (χ0) is 8.91. The predicted octanol–water partition coefficient (Wildman–Crippen LogP) is -0.0490. The number of carbonyl (C=O) groups is 1. The van der Waals surface area contributed by atoms with Crippen molar-refractivity contribution in [2.45, 2.75) is 31.7 Å². The van der Waals surface area contributed by atoms with E-state index in [4.69, 9.17) is 15.9 Å². The summed E-state index contributed by atoms with van der Waals surface area (Å²) in [6.07, 6.45) is 1.67. The van der Waals surface area contributed by atoms with E-state index in [1.54, 1.807) is 0 Å². The van der Waals surface area contributed by atoms with Gasteiger partial charge in [0, 0.05) is 6.61 Å². The molecule has 0 rings (SSSR count). The van der Waals surface area contributed by atoms with Crippen LogP contribution in [0.2, 0.25) is 0 Å². The lowest BCUT2D eigenvalue weighted by Gasteiger charge is -2.18. The maximum absolute atomic E-state index is 10.4. The van der Waals surface area contributed by atoms with Gasteiger partial charge < -0.3 is 15.9 Å². The van der Waals surface area contributed by atoms with Gasteiger partial charge in [-0.3, -0.25) is 4.79 Å². The molecular formula is C7H15NO3. The van der Waals surface area contributed by atoms with Crippen LogP contribution in [-0.2, 0) is 4.79 Å². The normalized spacial score (nSPS) is 15.9. The summed E-state index contributed by atoms with van der Waals surface area (Å²) in [5.41, 5.74) is 4.28. The van der Waals surface area contributed by atoms with Crippen molar-refractivity contribution in [2.75, 3.05) is 6.61 Å². The van der Waals surface area contributed by atoms with Crippen LogP contribution in [0.15, 0.2) is 0 Å². The summed E-state index contributed by atoms with van der Waals surface area (Å²) >= 11 is 0. The first-order chi connectivity index (χ1) is 5.00. The Balaban J connectivity index is 3.64. The van der Waals surface area contributed by atoms with E-state index in [-0.39, 0.29) is 6.61 Å². The average Bonchev–Trinajstić information content (AvgIpc) is 1.88. The van der Waals surface area contributed by atoms with E-state index in [2.05, 4.69) is 0 Å². The van der Waals surface area contributed by atoms with Gasteiger partial charge in [-0.2, -0.15) is 0 Å². The van der Waals surface area contributed by atoms with E-state index in [1.165, 1.54) is 6.92 Å². The number of rotatable bonds is 5. The third-order valence-corrected chi connectivity index (χ3v) is 1.59. The van der Waals surface area contributed by atoms with E-state index >= 15 is 0 Å². The lowest BCUT2D eigenvalue weighted by atomic mass is 9.97. The van der Waals surface area contributed by atoms with Crippen LogP contribution in [0.25, 0.3) is 0 Å². The average molecular weight is 161 g/mol. The molecule has 0 saturated carbocycles. The van der Waals surface area contributed by atoms with Crippen LogP contribution in [-0.4, -0.2) is 28.3 Å². The Morgan fingerprint density at radius 1 is 1.55 bits per heavy atom. The molecule has 0 spiro atoms. The summed E-state index contributed by atoms with van der Waals surface area (Å²) in [5.74, 6) is -0.990. The minimum absolute atomic E-state index is 0.0930. The monoisotopic (exact) mass is 161 g/mol. The number of aliphatic hydroxyl groups is 1. The largest absolute Gasteiger partial charge is 0.480 e. The Hall–Kier alpha value is -0.610. The molecule has 0 aromatic carbocycles. The number of hydrogen-bond acceptors (Lipinski definition) is 3. The first-order valence-electron chi connectivity index (χ1n) is 3.64. The third-order valence-electron chi connectivity index (χ3n) is 1.59. The number of aliphatic hydroxyl groups excluding tert-OH is 1. The molecule has 4 heteroatoms. The molecule has 0 aliphatic carbocycles. The van der Waals surface area contributed by atoms with Gasteiger partial charge in [0.25, 0.3) is 0 Å². The summed E-state index contributed by atoms with van der Waals surface area (Å²) in [4.78, 5) is 10.4. The smallest absolute Gasteiger partial charge is 0.323 e. The summed E-state index contributed by atoms with van der Waals surface area (Å²) in [5, 5.41) is 17.0. The molecule has 4 N–H and O–H groups in total. The van der Waals surface area contributed by atoms with Crippen LogP contribution in [0.3, 0.4) is 0 Å². The van der Waals surface area contributed by atoms with Crippen LogP contribution < -0.4 is 5.73 Å². The van der Waals surface area contributed by atoms with Gasteiger partial charge in [0.1, 0.15) is 5.54 Å². The van der Waals surface area contributed by atoms with Gasteiger partial charge >= 0.3 is 5.97 Å². The van der Waals surface area contributed by atoms with E-state index in [1.807, 2.05) is 0 Å². The highest BCUT2D eigenvalue weighted by molar-refractivity contribution is 5.77. The topological polar surface area (TPSA) is 83.5 Å². The van der Waals surface area contributed by atoms with Gasteiger partial charge in [-0.15, -0.1) is 0 Å². The minimum atomic E-state index is -1.14. The Morgan fingerprint density at radius 2 is 2.09 bits per heavy atom. The second-order valence-corrected chi connectivity index (χ2v) is 2.90. The minimum Gasteiger partial charge on any atom is -0.480 e. The molecule has 0 aromatic heterocycles. The van der Waals surface area contributed by atoms with Gasteiger partial charge in [-0.25, -0.2) is 0 Å². The number of carboxylic acids is 1. The number of carboxylic acid groups (broad SMARTS) is 1. The molecule has 0 aliphatic heterocycles. The Morgan fingerprint density at radius 3 is 2.45 bits per heavy atom. The maximum atomic E-state index is 10.4. The molecule has 66 valence electrons.